The fraction of sp³-hybridized carbons (Fsp3) is 0.500. The molecule has 1 amide bonds. The van der Waals surface area contributed by atoms with E-state index in [1.807, 2.05) is 37.3 Å². The first-order valence-corrected chi connectivity index (χ1v) is 10.3. The second kappa shape index (κ2) is 8.17. The Balaban J connectivity index is 1.30. The molecular formula is C22H28N4O2. The van der Waals surface area contributed by atoms with Crippen LogP contribution in [0.25, 0.3) is 0 Å². The lowest BCUT2D eigenvalue weighted by molar-refractivity contribution is -0.123. The van der Waals surface area contributed by atoms with Gasteiger partial charge in [0.15, 0.2) is 0 Å². The summed E-state index contributed by atoms with van der Waals surface area (Å²) in [6, 6.07) is 11.7. The third-order valence-electron chi connectivity index (χ3n) is 5.88. The van der Waals surface area contributed by atoms with E-state index >= 15 is 0 Å². The first-order chi connectivity index (χ1) is 13.6. The molecule has 148 valence electrons. The van der Waals surface area contributed by atoms with Crippen LogP contribution in [0.4, 0.5) is 5.69 Å². The number of carbonyl (C=O) groups is 1. The fourth-order valence-electron chi connectivity index (χ4n) is 3.78. The summed E-state index contributed by atoms with van der Waals surface area (Å²) < 4.78 is 1.58. The maximum Gasteiger partial charge on any atom is 0.268 e. The minimum absolute atomic E-state index is 0.0171. The summed E-state index contributed by atoms with van der Waals surface area (Å²) in [6.07, 6.45) is 5.97. The van der Waals surface area contributed by atoms with Crippen molar-refractivity contribution in [3.8, 4) is 0 Å². The molecule has 2 heterocycles. The Morgan fingerprint density at radius 1 is 1.18 bits per heavy atom. The number of anilines is 1. The predicted molar refractivity (Wildman–Crippen MR) is 109 cm³/mol. The van der Waals surface area contributed by atoms with E-state index in [1.165, 1.54) is 12.8 Å². The van der Waals surface area contributed by atoms with Gasteiger partial charge >= 0.3 is 0 Å². The number of rotatable bonds is 6. The molecule has 1 aromatic carbocycles. The van der Waals surface area contributed by atoms with Crippen molar-refractivity contribution >= 4 is 11.6 Å². The number of carbonyl (C=O) groups excluding carboxylic acids is 1. The first-order valence-electron chi connectivity index (χ1n) is 10.3. The normalized spacial score (nSPS) is 18.7. The van der Waals surface area contributed by atoms with Crippen molar-refractivity contribution in [2.45, 2.75) is 51.1 Å². The van der Waals surface area contributed by atoms with Crippen LogP contribution in [0.1, 0.15) is 44.1 Å². The molecule has 1 saturated carbocycles. The topological polar surface area (TPSA) is 67.2 Å². The molecule has 1 unspecified atom stereocenters. The summed E-state index contributed by atoms with van der Waals surface area (Å²) >= 11 is 0. The zero-order chi connectivity index (χ0) is 19.5. The lowest BCUT2D eigenvalue weighted by Crippen LogP contribution is -2.46. The molecule has 1 aliphatic heterocycles. The number of aromatic nitrogens is 2. The van der Waals surface area contributed by atoms with Gasteiger partial charge in [0.25, 0.3) is 5.56 Å². The summed E-state index contributed by atoms with van der Waals surface area (Å²) in [4.78, 5) is 27.0. The molecule has 2 aromatic rings. The van der Waals surface area contributed by atoms with Crippen LogP contribution >= 0.6 is 0 Å². The largest absolute Gasteiger partial charge is 0.370 e. The molecule has 0 spiro atoms. The van der Waals surface area contributed by atoms with E-state index in [1.54, 1.807) is 16.9 Å². The number of nitrogens with zero attached hydrogens (tertiary/aromatic N) is 3. The van der Waals surface area contributed by atoms with E-state index in [-0.39, 0.29) is 23.4 Å². The average molecular weight is 380 g/mol. The van der Waals surface area contributed by atoms with Crippen molar-refractivity contribution in [3.63, 3.8) is 0 Å². The Labute approximate surface area is 165 Å². The van der Waals surface area contributed by atoms with Crippen LogP contribution in [0, 0.1) is 5.92 Å². The summed E-state index contributed by atoms with van der Waals surface area (Å²) in [5.41, 5.74) is 1.91. The van der Waals surface area contributed by atoms with Crippen LogP contribution in [0.3, 0.4) is 0 Å². The maximum absolute atomic E-state index is 12.6. The monoisotopic (exact) mass is 380 g/mol. The fourth-order valence-corrected chi connectivity index (χ4v) is 3.78. The number of amides is 1. The molecule has 28 heavy (non-hydrogen) atoms. The molecule has 6 nitrogen and oxygen atoms in total. The quantitative estimate of drug-likeness (QED) is 0.836. The summed E-state index contributed by atoms with van der Waals surface area (Å²) in [5, 5.41) is 7.54. The Bertz CT molecular complexity index is 868. The molecule has 4 rings (SSSR count). The van der Waals surface area contributed by atoms with Gasteiger partial charge in [-0.15, -0.1) is 0 Å². The molecule has 0 bridgehead atoms. The standard InChI is InChI=1S/C22H28N4O2/c1-16(18-5-3-2-4-6-18)22(28)24-19-9-11-25(12-10-19)20-13-21(27)26(23-14-20)15-17-7-8-17/h2-6,13-14,16-17,19H,7-12,15H2,1H3,(H,24,28). The lowest BCUT2D eigenvalue weighted by atomic mass is 9.98. The van der Waals surface area contributed by atoms with Crippen LogP contribution in [0.15, 0.2) is 47.4 Å². The number of hydrogen-bond donors (Lipinski definition) is 1. The molecule has 1 aliphatic carbocycles. The smallest absolute Gasteiger partial charge is 0.268 e. The van der Waals surface area contributed by atoms with Gasteiger partial charge in [0.1, 0.15) is 0 Å². The second-order valence-electron chi connectivity index (χ2n) is 8.08. The molecule has 6 heteroatoms. The predicted octanol–water partition coefficient (Wildman–Crippen LogP) is 2.54. The minimum atomic E-state index is -0.150. The number of hydrogen-bond acceptors (Lipinski definition) is 4. The molecule has 1 N–H and O–H groups in total. The average Bonchev–Trinajstić information content (AvgIpc) is 3.54. The highest BCUT2D eigenvalue weighted by atomic mass is 16.2. The van der Waals surface area contributed by atoms with E-state index < -0.39 is 0 Å². The van der Waals surface area contributed by atoms with Crippen LogP contribution < -0.4 is 15.8 Å². The highest BCUT2D eigenvalue weighted by molar-refractivity contribution is 5.83. The highest BCUT2D eigenvalue weighted by Gasteiger charge is 2.25. The number of benzene rings is 1. The molecule has 1 atom stereocenters. The van der Waals surface area contributed by atoms with Crippen molar-refractivity contribution in [3.05, 3.63) is 58.5 Å². The Hall–Kier alpha value is -2.63. The van der Waals surface area contributed by atoms with Crippen molar-refractivity contribution in [2.75, 3.05) is 18.0 Å². The van der Waals surface area contributed by atoms with E-state index in [9.17, 15) is 9.59 Å². The van der Waals surface area contributed by atoms with Gasteiger partial charge in [0.2, 0.25) is 5.91 Å². The molecule has 1 saturated heterocycles. The van der Waals surface area contributed by atoms with E-state index in [0.29, 0.717) is 5.92 Å². The van der Waals surface area contributed by atoms with Gasteiger partial charge in [-0.05, 0) is 44.1 Å². The van der Waals surface area contributed by atoms with Crippen molar-refractivity contribution < 1.29 is 4.79 Å². The van der Waals surface area contributed by atoms with Gasteiger partial charge in [-0.2, -0.15) is 5.10 Å². The van der Waals surface area contributed by atoms with Crippen molar-refractivity contribution in [1.82, 2.24) is 15.1 Å². The third-order valence-corrected chi connectivity index (χ3v) is 5.88. The van der Waals surface area contributed by atoms with Gasteiger partial charge in [-0.1, -0.05) is 30.3 Å². The second-order valence-corrected chi connectivity index (χ2v) is 8.08. The number of nitrogens with one attached hydrogen (secondary N) is 1. The van der Waals surface area contributed by atoms with E-state index in [0.717, 1.165) is 43.7 Å². The van der Waals surface area contributed by atoms with E-state index in [2.05, 4.69) is 15.3 Å². The zero-order valence-electron chi connectivity index (χ0n) is 16.4. The molecular weight excluding hydrogens is 352 g/mol. The van der Waals surface area contributed by atoms with Gasteiger partial charge in [0.05, 0.1) is 17.8 Å². The van der Waals surface area contributed by atoms with Crippen LogP contribution in [-0.4, -0.2) is 34.8 Å². The Morgan fingerprint density at radius 2 is 1.89 bits per heavy atom. The van der Waals surface area contributed by atoms with Crippen LogP contribution in [0.2, 0.25) is 0 Å². The Morgan fingerprint density at radius 3 is 2.54 bits per heavy atom. The lowest BCUT2D eigenvalue weighted by Gasteiger charge is -2.34. The highest BCUT2D eigenvalue weighted by Crippen LogP contribution is 2.30. The number of piperidine rings is 1. The van der Waals surface area contributed by atoms with E-state index in [4.69, 9.17) is 0 Å². The van der Waals surface area contributed by atoms with Gasteiger partial charge in [-0.3, -0.25) is 9.59 Å². The molecule has 1 aromatic heterocycles. The first kappa shape index (κ1) is 18.7. The molecule has 0 radical (unpaired) electrons. The Kier molecular flexibility index (Phi) is 5.46. The summed E-state index contributed by atoms with van der Waals surface area (Å²) in [7, 11) is 0. The minimum Gasteiger partial charge on any atom is -0.370 e. The molecule has 2 fully saturated rings. The van der Waals surface area contributed by atoms with Crippen molar-refractivity contribution in [2.24, 2.45) is 5.92 Å². The summed E-state index contributed by atoms with van der Waals surface area (Å²) in [6.45, 7) is 4.33. The van der Waals surface area contributed by atoms with Gasteiger partial charge in [0, 0.05) is 31.7 Å². The third kappa shape index (κ3) is 4.43. The van der Waals surface area contributed by atoms with Gasteiger partial charge in [-0.25, -0.2) is 4.68 Å². The van der Waals surface area contributed by atoms with Crippen LogP contribution in [-0.2, 0) is 11.3 Å². The maximum atomic E-state index is 12.6. The van der Waals surface area contributed by atoms with Crippen LogP contribution in [0.5, 0.6) is 0 Å². The molecule has 2 aliphatic rings. The van der Waals surface area contributed by atoms with Gasteiger partial charge < -0.3 is 10.2 Å². The zero-order valence-corrected chi connectivity index (χ0v) is 16.4. The SMILES string of the molecule is CC(C(=O)NC1CCN(c2cnn(CC3CC3)c(=O)c2)CC1)c1ccccc1. The van der Waals surface area contributed by atoms with Crippen molar-refractivity contribution in [1.29, 1.82) is 0 Å². The summed E-state index contributed by atoms with van der Waals surface area (Å²) in [5.74, 6) is 0.560.